The molecule has 0 aliphatic carbocycles. The molecule has 0 N–H and O–H groups in total. The van der Waals surface area contributed by atoms with Crippen LogP contribution >= 0.6 is 0 Å². The van der Waals surface area contributed by atoms with Crippen LogP contribution in [0.1, 0.15) is 23.6 Å². The van der Waals surface area contributed by atoms with Crippen molar-refractivity contribution >= 4 is 5.91 Å². The fraction of sp³-hybridized carbons (Fsp3) is 0.381. The third kappa shape index (κ3) is 4.62. The van der Waals surface area contributed by atoms with E-state index in [1.165, 1.54) is 45.6 Å². The molecule has 0 bridgehead atoms. The van der Waals surface area contributed by atoms with E-state index in [9.17, 15) is 18.0 Å². The molecule has 0 saturated carbocycles. The van der Waals surface area contributed by atoms with Gasteiger partial charge in [0.15, 0.2) is 0 Å². The van der Waals surface area contributed by atoms with E-state index in [0.717, 1.165) is 0 Å². The molecular weight excluding hydrogens is 403 g/mol. The zero-order chi connectivity index (χ0) is 21.9. The van der Waals surface area contributed by atoms with E-state index in [-0.39, 0.29) is 24.2 Å². The van der Waals surface area contributed by atoms with Gasteiger partial charge >= 0.3 is 6.36 Å². The van der Waals surface area contributed by atoms with Crippen molar-refractivity contribution in [2.45, 2.75) is 31.5 Å². The number of amides is 1. The Morgan fingerprint density at radius 1 is 1.00 bits per heavy atom. The molecule has 1 saturated heterocycles. The Morgan fingerprint density at radius 2 is 1.60 bits per heavy atom. The molecule has 1 heterocycles. The fourth-order valence-electron chi connectivity index (χ4n) is 3.63. The molecule has 0 unspecified atom stereocenters. The second-order valence-electron chi connectivity index (χ2n) is 6.71. The van der Waals surface area contributed by atoms with Gasteiger partial charge in [-0.2, -0.15) is 0 Å². The van der Waals surface area contributed by atoms with Gasteiger partial charge in [-0.1, -0.05) is 18.2 Å². The number of hydrogen-bond acceptors (Lipinski definition) is 5. The number of carbonyl (C=O) groups excluding carboxylic acids is 1. The quantitative estimate of drug-likeness (QED) is 0.669. The average Bonchev–Trinajstić information content (AvgIpc) is 3.02. The van der Waals surface area contributed by atoms with Gasteiger partial charge < -0.3 is 23.8 Å². The minimum Gasteiger partial charge on any atom is -0.496 e. The summed E-state index contributed by atoms with van der Waals surface area (Å²) in [6.07, 6.45) is -5.01. The van der Waals surface area contributed by atoms with Crippen LogP contribution in [-0.2, 0) is 16.1 Å². The molecule has 2 atom stereocenters. The Kier molecular flexibility index (Phi) is 6.40. The van der Waals surface area contributed by atoms with Crippen molar-refractivity contribution < 1.29 is 36.9 Å². The lowest BCUT2D eigenvalue weighted by molar-refractivity contribution is -0.274. The third-order valence-corrected chi connectivity index (χ3v) is 4.97. The molecule has 0 radical (unpaired) electrons. The van der Waals surface area contributed by atoms with Gasteiger partial charge in [0.1, 0.15) is 23.4 Å². The summed E-state index contributed by atoms with van der Waals surface area (Å²) in [5, 5.41) is 0. The largest absolute Gasteiger partial charge is 0.573 e. The van der Waals surface area contributed by atoms with Crippen LogP contribution in [0.3, 0.4) is 0 Å². The summed E-state index contributed by atoms with van der Waals surface area (Å²) >= 11 is 0. The van der Waals surface area contributed by atoms with Crippen LogP contribution in [-0.4, -0.2) is 44.6 Å². The van der Waals surface area contributed by atoms with Gasteiger partial charge in [-0.25, -0.2) is 0 Å². The van der Waals surface area contributed by atoms with Gasteiger partial charge in [0, 0.05) is 20.1 Å². The summed E-state index contributed by atoms with van der Waals surface area (Å²) in [4.78, 5) is 14.5. The lowest BCUT2D eigenvalue weighted by atomic mass is 10.0. The monoisotopic (exact) mass is 425 g/mol. The number of likely N-dealkylation sites (tertiary alicyclic amines) is 1. The minimum absolute atomic E-state index is 0.177. The first kappa shape index (κ1) is 21.8. The summed E-state index contributed by atoms with van der Waals surface area (Å²) in [7, 11) is 4.53. The zero-order valence-electron chi connectivity index (χ0n) is 16.7. The lowest BCUT2D eigenvalue weighted by Crippen LogP contribution is -2.31. The maximum absolute atomic E-state index is 12.9. The molecule has 2 aromatic carbocycles. The number of halogens is 3. The van der Waals surface area contributed by atoms with Gasteiger partial charge in [0.2, 0.25) is 0 Å². The molecule has 1 aliphatic heterocycles. The smallest absolute Gasteiger partial charge is 0.496 e. The average molecular weight is 425 g/mol. The Labute approximate surface area is 172 Å². The summed E-state index contributed by atoms with van der Waals surface area (Å²) in [6.45, 7) is 0.177. The number of carbonyl (C=O) groups is 1. The molecule has 30 heavy (non-hydrogen) atoms. The summed E-state index contributed by atoms with van der Waals surface area (Å²) in [6, 6.07) is 10.4. The maximum Gasteiger partial charge on any atom is 0.573 e. The first-order chi connectivity index (χ1) is 14.3. The molecule has 3 rings (SSSR count). The van der Waals surface area contributed by atoms with Crippen molar-refractivity contribution in [3.8, 4) is 17.2 Å². The highest BCUT2D eigenvalue weighted by atomic mass is 19.4. The molecule has 2 aromatic rings. The molecule has 6 nitrogen and oxygen atoms in total. The van der Waals surface area contributed by atoms with Gasteiger partial charge in [0.25, 0.3) is 5.91 Å². The number of alkyl halides is 3. The topological polar surface area (TPSA) is 57.2 Å². The van der Waals surface area contributed by atoms with Crippen LogP contribution in [0.25, 0.3) is 0 Å². The van der Waals surface area contributed by atoms with E-state index in [1.54, 1.807) is 23.1 Å². The van der Waals surface area contributed by atoms with Crippen LogP contribution < -0.4 is 14.2 Å². The SMILES string of the molecule is COc1cccc(OC)c1[C@@H]1C[C@@H](OC)C(=O)N1Cc1ccc(OC(F)(F)F)cc1. The fourth-order valence-corrected chi connectivity index (χ4v) is 3.63. The highest BCUT2D eigenvalue weighted by Gasteiger charge is 2.42. The van der Waals surface area contributed by atoms with E-state index in [4.69, 9.17) is 14.2 Å². The van der Waals surface area contributed by atoms with Crippen LogP contribution in [0.5, 0.6) is 17.2 Å². The first-order valence-electron chi connectivity index (χ1n) is 9.16. The van der Waals surface area contributed by atoms with Crippen LogP contribution in [0.4, 0.5) is 13.2 Å². The molecule has 9 heteroatoms. The normalized spacial score (nSPS) is 19.1. The van der Waals surface area contributed by atoms with E-state index in [2.05, 4.69) is 4.74 Å². The summed E-state index contributed by atoms with van der Waals surface area (Å²) in [5.41, 5.74) is 1.36. The van der Waals surface area contributed by atoms with Gasteiger partial charge in [-0.15, -0.1) is 13.2 Å². The number of ether oxygens (including phenoxy) is 4. The highest BCUT2D eigenvalue weighted by Crippen LogP contribution is 2.44. The van der Waals surface area contributed by atoms with E-state index in [0.29, 0.717) is 29.0 Å². The van der Waals surface area contributed by atoms with E-state index < -0.39 is 12.5 Å². The molecular formula is C21H22F3NO5. The number of rotatable bonds is 7. The van der Waals surface area contributed by atoms with Crippen LogP contribution in [0, 0.1) is 0 Å². The van der Waals surface area contributed by atoms with E-state index in [1.807, 2.05) is 0 Å². The van der Waals surface area contributed by atoms with Crippen LogP contribution in [0.2, 0.25) is 0 Å². The Morgan fingerprint density at radius 3 is 2.10 bits per heavy atom. The minimum atomic E-state index is -4.76. The summed E-state index contributed by atoms with van der Waals surface area (Å²) in [5.74, 6) is 0.605. The first-order valence-corrected chi connectivity index (χ1v) is 9.16. The number of hydrogen-bond donors (Lipinski definition) is 0. The lowest BCUT2D eigenvalue weighted by Gasteiger charge is -2.27. The second kappa shape index (κ2) is 8.83. The van der Waals surface area contributed by atoms with Gasteiger partial charge in [-0.05, 0) is 29.8 Å². The van der Waals surface area contributed by atoms with Crippen molar-refractivity contribution in [2.24, 2.45) is 0 Å². The van der Waals surface area contributed by atoms with Crippen molar-refractivity contribution in [3.63, 3.8) is 0 Å². The second-order valence-corrected chi connectivity index (χ2v) is 6.71. The van der Waals surface area contributed by atoms with Crippen molar-refractivity contribution in [3.05, 3.63) is 53.6 Å². The summed E-state index contributed by atoms with van der Waals surface area (Å²) < 4.78 is 57.3. The predicted molar refractivity (Wildman–Crippen MR) is 101 cm³/mol. The van der Waals surface area contributed by atoms with Crippen molar-refractivity contribution in [2.75, 3.05) is 21.3 Å². The molecule has 1 aliphatic rings. The number of nitrogens with zero attached hydrogens (tertiary/aromatic N) is 1. The Hall–Kier alpha value is -2.94. The molecule has 162 valence electrons. The molecule has 0 spiro atoms. The zero-order valence-corrected chi connectivity index (χ0v) is 16.7. The van der Waals surface area contributed by atoms with Gasteiger partial charge in [0.05, 0.1) is 25.8 Å². The molecule has 1 fully saturated rings. The Balaban J connectivity index is 1.91. The maximum atomic E-state index is 12.9. The van der Waals surface area contributed by atoms with Crippen molar-refractivity contribution in [1.29, 1.82) is 0 Å². The number of methoxy groups -OCH3 is 3. The van der Waals surface area contributed by atoms with Crippen molar-refractivity contribution in [1.82, 2.24) is 4.90 Å². The van der Waals surface area contributed by atoms with Crippen LogP contribution in [0.15, 0.2) is 42.5 Å². The molecule has 0 aromatic heterocycles. The molecule has 1 amide bonds. The predicted octanol–water partition coefficient (Wildman–Crippen LogP) is 4.09. The highest BCUT2D eigenvalue weighted by molar-refractivity contribution is 5.84. The third-order valence-electron chi connectivity index (χ3n) is 4.97. The number of benzene rings is 2. The standard InChI is InChI=1S/C21H22F3NO5/c1-27-16-5-4-6-17(28-2)19(16)15-11-18(29-3)20(26)25(15)12-13-7-9-14(10-8-13)30-21(22,23)24/h4-10,15,18H,11-12H2,1-3H3/t15-,18+/m0/s1. The van der Waals surface area contributed by atoms with E-state index >= 15 is 0 Å². The van der Waals surface area contributed by atoms with Gasteiger partial charge in [-0.3, -0.25) is 4.79 Å². The Bertz CT molecular complexity index is 863.